The molecular formula is C32H36BrN5O3. The van der Waals surface area contributed by atoms with Crippen LogP contribution >= 0.6 is 15.9 Å². The van der Waals surface area contributed by atoms with E-state index in [0.717, 1.165) is 46.3 Å². The molecule has 7 rings (SSSR count). The quantitative estimate of drug-likeness (QED) is 0.275. The van der Waals surface area contributed by atoms with Crippen LogP contribution in [0.4, 0.5) is 4.79 Å². The van der Waals surface area contributed by atoms with Crippen LogP contribution in [0.5, 0.6) is 0 Å². The van der Waals surface area contributed by atoms with Crippen molar-refractivity contribution in [3.63, 3.8) is 0 Å². The van der Waals surface area contributed by atoms with Gasteiger partial charge in [-0.25, -0.2) is 9.31 Å². The Kier molecular flexibility index (Phi) is 6.23. The van der Waals surface area contributed by atoms with E-state index in [9.17, 15) is 9.59 Å². The van der Waals surface area contributed by atoms with Gasteiger partial charge in [-0.15, -0.1) is 0 Å². The molecule has 8 nitrogen and oxygen atoms in total. The van der Waals surface area contributed by atoms with Crippen LogP contribution in [0.15, 0.2) is 47.1 Å². The number of aromatic nitrogens is 3. The maximum atomic E-state index is 13.8. The summed E-state index contributed by atoms with van der Waals surface area (Å²) in [5.41, 5.74) is 5.43. The maximum Gasteiger partial charge on any atom is 0.407 e. The van der Waals surface area contributed by atoms with Crippen molar-refractivity contribution < 1.29 is 14.3 Å². The topological polar surface area (TPSA) is 80.9 Å². The molecule has 1 N–H and O–H groups in total. The second-order valence-corrected chi connectivity index (χ2v) is 14.0. The van der Waals surface area contributed by atoms with Gasteiger partial charge in [0, 0.05) is 40.2 Å². The van der Waals surface area contributed by atoms with Gasteiger partial charge in [-0.2, -0.15) is 5.10 Å². The Morgan fingerprint density at radius 1 is 1.07 bits per heavy atom. The van der Waals surface area contributed by atoms with Crippen LogP contribution in [-0.4, -0.2) is 55.3 Å². The molecule has 2 saturated carbocycles. The Morgan fingerprint density at radius 3 is 2.63 bits per heavy atom. The fourth-order valence-electron chi connectivity index (χ4n) is 6.78. The summed E-state index contributed by atoms with van der Waals surface area (Å²) in [6.45, 7) is 9.31. The number of carbonyl (C=O) groups excluding carboxylic acids is 2. The fraction of sp³-hybridized carbons (Fsp3) is 0.469. The normalized spacial score (nSPS) is 22.2. The Balaban J connectivity index is 1.18. The third-order valence-electron chi connectivity index (χ3n) is 8.90. The summed E-state index contributed by atoms with van der Waals surface area (Å²) in [6, 6.07) is 12.5. The summed E-state index contributed by atoms with van der Waals surface area (Å²) in [7, 11) is 0. The number of likely N-dealkylation sites (tertiary alicyclic amines) is 1. The highest BCUT2D eigenvalue weighted by Crippen LogP contribution is 2.40. The van der Waals surface area contributed by atoms with Crippen molar-refractivity contribution in [2.24, 2.45) is 11.8 Å². The van der Waals surface area contributed by atoms with Gasteiger partial charge in [-0.1, -0.05) is 22.0 Å². The van der Waals surface area contributed by atoms with Crippen LogP contribution in [-0.2, 0) is 11.3 Å². The zero-order valence-electron chi connectivity index (χ0n) is 24.0. The van der Waals surface area contributed by atoms with Crippen molar-refractivity contribution in [1.82, 2.24) is 24.4 Å². The summed E-state index contributed by atoms with van der Waals surface area (Å²) < 4.78 is 10.8. The Hall–Kier alpha value is -3.33. The molecule has 214 valence electrons. The number of hydrogen-bond donors (Lipinski definition) is 1. The number of hydrogen-bond acceptors (Lipinski definition) is 4. The van der Waals surface area contributed by atoms with E-state index in [4.69, 9.17) is 9.84 Å². The maximum absolute atomic E-state index is 13.8. The van der Waals surface area contributed by atoms with Gasteiger partial charge < -0.3 is 19.5 Å². The number of ether oxygens (including phenoxy) is 1. The zero-order valence-corrected chi connectivity index (χ0v) is 25.6. The molecule has 0 radical (unpaired) electrons. The van der Waals surface area contributed by atoms with E-state index in [0.29, 0.717) is 18.0 Å². The molecule has 41 heavy (non-hydrogen) atoms. The van der Waals surface area contributed by atoms with Crippen LogP contribution < -0.4 is 5.32 Å². The molecule has 1 saturated heterocycles. The lowest BCUT2D eigenvalue weighted by molar-refractivity contribution is 0.0485. The molecule has 3 aliphatic rings. The molecule has 2 amide bonds. The van der Waals surface area contributed by atoms with Crippen LogP contribution in [0.1, 0.15) is 62.4 Å². The number of piperidine rings is 1. The average molecular weight is 619 g/mol. The lowest BCUT2D eigenvalue weighted by Gasteiger charge is -2.28. The number of halogens is 1. The number of benzene rings is 1. The van der Waals surface area contributed by atoms with E-state index < -0.39 is 11.7 Å². The van der Waals surface area contributed by atoms with Gasteiger partial charge in [0.2, 0.25) is 0 Å². The minimum absolute atomic E-state index is 0.0162. The van der Waals surface area contributed by atoms with E-state index in [1.807, 2.05) is 48.5 Å². The minimum Gasteiger partial charge on any atom is -0.444 e. The van der Waals surface area contributed by atoms with E-state index in [1.165, 1.54) is 23.7 Å². The average Bonchev–Trinajstić information content (AvgIpc) is 3.28. The van der Waals surface area contributed by atoms with Crippen LogP contribution in [0.25, 0.3) is 27.8 Å². The standard InChI is InChI=1S/C32H36BrN5O3/c1-18-24-11-9-22(30(39)37-16-21-8-12-25(37)29(21)34-31(40)41-32(2,3)4)17-38(24)35-28(18)27-13-20-7-10-23(33)14-26(20)36(27)15-19-5-6-19/h7,9-11,13-14,17,19,21,25,29H,5-6,8,12,15-16H2,1-4H3,(H,34,40)/t21?,25?,29-/m1/s1. The summed E-state index contributed by atoms with van der Waals surface area (Å²) in [5.74, 6) is 0.944. The number of nitrogens with one attached hydrogen (secondary N) is 1. The first kappa shape index (κ1) is 26.6. The molecule has 3 aromatic heterocycles. The SMILES string of the molecule is Cc1c(-c2cc3ccc(Br)cc3n2CC2CC2)nn2cc(C(=O)N3CC4CCC3[C@@H]4NC(=O)OC(C)(C)C)ccc12. The van der Waals surface area contributed by atoms with Crippen molar-refractivity contribution in [2.45, 2.75) is 77.6 Å². The molecule has 2 aliphatic carbocycles. The lowest BCUT2D eigenvalue weighted by Crippen LogP contribution is -2.46. The van der Waals surface area contributed by atoms with E-state index in [-0.39, 0.29) is 23.9 Å². The number of pyridine rings is 1. The smallest absolute Gasteiger partial charge is 0.407 e. The summed E-state index contributed by atoms with van der Waals surface area (Å²) in [4.78, 5) is 28.2. The second kappa shape index (κ2) is 9.61. The second-order valence-electron chi connectivity index (χ2n) is 13.0. The third kappa shape index (κ3) is 4.82. The lowest BCUT2D eigenvalue weighted by atomic mass is 10.1. The zero-order chi connectivity index (χ0) is 28.6. The Morgan fingerprint density at radius 2 is 1.88 bits per heavy atom. The number of rotatable bonds is 5. The molecule has 9 heteroatoms. The van der Waals surface area contributed by atoms with Crippen LogP contribution in [0, 0.1) is 18.8 Å². The number of nitrogens with zero attached hydrogens (tertiary/aromatic N) is 4. The highest BCUT2D eigenvalue weighted by molar-refractivity contribution is 9.10. The highest BCUT2D eigenvalue weighted by Gasteiger charge is 2.49. The van der Waals surface area contributed by atoms with E-state index >= 15 is 0 Å². The molecule has 2 unspecified atom stereocenters. The van der Waals surface area contributed by atoms with Gasteiger partial charge in [-0.3, -0.25) is 4.79 Å². The predicted molar refractivity (Wildman–Crippen MR) is 162 cm³/mol. The molecule has 4 aromatic rings. The Bertz CT molecular complexity index is 1690. The summed E-state index contributed by atoms with van der Waals surface area (Å²) in [6.07, 6.45) is 5.87. The predicted octanol–water partition coefficient (Wildman–Crippen LogP) is 6.56. The number of fused-ring (bicyclic) bond motifs is 4. The first-order chi connectivity index (χ1) is 19.6. The van der Waals surface area contributed by atoms with Crippen molar-refractivity contribution in [3.8, 4) is 11.4 Å². The summed E-state index contributed by atoms with van der Waals surface area (Å²) in [5, 5.41) is 9.29. The van der Waals surface area contributed by atoms with E-state index in [2.05, 4.69) is 57.0 Å². The fourth-order valence-corrected chi connectivity index (χ4v) is 7.13. The molecule has 0 spiro atoms. The van der Waals surface area contributed by atoms with Gasteiger partial charge in [0.05, 0.1) is 28.9 Å². The first-order valence-corrected chi connectivity index (χ1v) is 15.4. The molecule has 1 aliphatic heterocycles. The molecular weight excluding hydrogens is 582 g/mol. The molecule has 3 atom stereocenters. The first-order valence-electron chi connectivity index (χ1n) is 14.6. The monoisotopic (exact) mass is 617 g/mol. The van der Waals surface area contributed by atoms with Crippen LogP contribution in [0.2, 0.25) is 0 Å². The summed E-state index contributed by atoms with van der Waals surface area (Å²) >= 11 is 3.65. The van der Waals surface area contributed by atoms with Crippen LogP contribution in [0.3, 0.4) is 0 Å². The molecule has 3 fully saturated rings. The highest BCUT2D eigenvalue weighted by atomic mass is 79.9. The Labute approximate surface area is 248 Å². The number of alkyl carbamates (subject to hydrolysis) is 1. The molecule has 1 aromatic carbocycles. The molecule has 2 bridgehead atoms. The van der Waals surface area contributed by atoms with Crippen molar-refractivity contribution >= 4 is 44.3 Å². The van der Waals surface area contributed by atoms with Crippen molar-refractivity contribution in [2.75, 3.05) is 6.54 Å². The minimum atomic E-state index is -0.559. The van der Waals surface area contributed by atoms with Gasteiger partial charge in [-0.05, 0) is 95.5 Å². The van der Waals surface area contributed by atoms with Gasteiger partial charge in [0.1, 0.15) is 11.3 Å². The number of carbonyl (C=O) groups is 2. The van der Waals surface area contributed by atoms with Gasteiger partial charge in [0.25, 0.3) is 5.91 Å². The van der Waals surface area contributed by atoms with E-state index in [1.54, 1.807) is 0 Å². The van der Waals surface area contributed by atoms with Crippen molar-refractivity contribution in [3.05, 3.63) is 58.2 Å². The number of aryl methyl sites for hydroxylation is 1. The molecule has 4 heterocycles. The third-order valence-corrected chi connectivity index (χ3v) is 9.39. The number of amides is 2. The van der Waals surface area contributed by atoms with Gasteiger partial charge >= 0.3 is 6.09 Å². The van der Waals surface area contributed by atoms with Crippen molar-refractivity contribution in [1.29, 1.82) is 0 Å². The van der Waals surface area contributed by atoms with Gasteiger partial charge in [0.15, 0.2) is 0 Å². The largest absolute Gasteiger partial charge is 0.444 e.